The zero-order valence-electron chi connectivity index (χ0n) is 15.3. The summed E-state index contributed by atoms with van der Waals surface area (Å²) in [7, 11) is 0. The summed E-state index contributed by atoms with van der Waals surface area (Å²) in [5, 5.41) is 3.00. The van der Waals surface area contributed by atoms with Gasteiger partial charge in [0, 0.05) is 30.3 Å². The molecule has 2 aliphatic rings. The van der Waals surface area contributed by atoms with Gasteiger partial charge in [0.25, 0.3) is 5.91 Å². The van der Waals surface area contributed by atoms with Crippen LogP contribution >= 0.6 is 0 Å². The second-order valence-corrected chi connectivity index (χ2v) is 7.66. The van der Waals surface area contributed by atoms with Crippen LogP contribution in [-0.2, 0) is 16.1 Å². The van der Waals surface area contributed by atoms with E-state index in [-0.39, 0.29) is 30.6 Å². The number of carbonyl (C=O) groups excluding carboxylic acids is 3. The Morgan fingerprint density at radius 3 is 2.58 bits per heavy atom. The van der Waals surface area contributed by atoms with Crippen LogP contribution in [0.2, 0.25) is 0 Å². The van der Waals surface area contributed by atoms with Gasteiger partial charge in [-0.2, -0.15) is 0 Å². The first kappa shape index (κ1) is 18.2. The summed E-state index contributed by atoms with van der Waals surface area (Å²) in [5.41, 5.74) is 1.26. The molecular weight excluding hydrogens is 336 g/mol. The van der Waals surface area contributed by atoms with Gasteiger partial charge < -0.3 is 19.7 Å². The Bertz CT molecular complexity index is 730. The van der Waals surface area contributed by atoms with Crippen LogP contribution < -0.4 is 5.32 Å². The van der Waals surface area contributed by atoms with E-state index in [2.05, 4.69) is 5.32 Å². The predicted molar refractivity (Wildman–Crippen MR) is 93.9 cm³/mol. The monoisotopic (exact) mass is 360 g/mol. The summed E-state index contributed by atoms with van der Waals surface area (Å²) in [6, 6.07) is 4.97. The Morgan fingerprint density at radius 1 is 1.23 bits per heavy atom. The molecule has 0 bridgehead atoms. The molecule has 140 valence electrons. The number of esters is 1. The van der Waals surface area contributed by atoms with Crippen LogP contribution in [0.3, 0.4) is 0 Å². The second kappa shape index (κ2) is 6.97. The first-order chi connectivity index (χ1) is 12.2. The van der Waals surface area contributed by atoms with Gasteiger partial charge in [0.05, 0.1) is 5.56 Å². The number of nitrogens with one attached hydrogen (secondary N) is 1. The average Bonchev–Trinajstić information content (AvgIpc) is 2.94. The van der Waals surface area contributed by atoms with Gasteiger partial charge in [0.1, 0.15) is 12.2 Å². The summed E-state index contributed by atoms with van der Waals surface area (Å²) in [6.07, 6.45) is 1.04. The first-order valence-electron chi connectivity index (χ1n) is 8.82. The van der Waals surface area contributed by atoms with Crippen molar-refractivity contribution in [2.75, 3.05) is 13.1 Å². The molecule has 7 heteroatoms. The molecule has 2 amide bonds. The van der Waals surface area contributed by atoms with E-state index in [9.17, 15) is 14.4 Å². The maximum absolute atomic E-state index is 12.5. The van der Waals surface area contributed by atoms with Crippen molar-refractivity contribution in [2.45, 2.75) is 51.9 Å². The highest BCUT2D eigenvalue weighted by atomic mass is 16.6. The summed E-state index contributed by atoms with van der Waals surface area (Å²) < 4.78 is 10.3. The maximum Gasteiger partial charge on any atom is 0.410 e. The molecule has 1 saturated heterocycles. The van der Waals surface area contributed by atoms with E-state index in [0.717, 1.165) is 5.56 Å². The van der Waals surface area contributed by atoms with Crippen LogP contribution in [-0.4, -0.2) is 47.6 Å². The standard InChI is InChI=1S/C19H24N2O5/c1-19(2,3)26-18(24)21-8-6-14(7-9-21)20-16(22)12-4-5-15-13(10-12)11-25-17(15)23/h4-5,10,14H,6-9,11H2,1-3H3,(H,20,22). The van der Waals surface area contributed by atoms with E-state index in [1.54, 1.807) is 23.1 Å². The lowest BCUT2D eigenvalue weighted by atomic mass is 10.0. The molecule has 1 fully saturated rings. The number of nitrogens with zero attached hydrogens (tertiary/aromatic N) is 1. The molecule has 0 unspecified atom stereocenters. The minimum Gasteiger partial charge on any atom is -0.457 e. The molecular formula is C19H24N2O5. The van der Waals surface area contributed by atoms with Gasteiger partial charge in [-0.3, -0.25) is 4.79 Å². The first-order valence-corrected chi connectivity index (χ1v) is 8.82. The molecule has 26 heavy (non-hydrogen) atoms. The number of benzene rings is 1. The highest BCUT2D eigenvalue weighted by Crippen LogP contribution is 2.21. The van der Waals surface area contributed by atoms with Crippen molar-refractivity contribution in [3.8, 4) is 0 Å². The predicted octanol–water partition coefficient (Wildman–Crippen LogP) is 2.49. The van der Waals surface area contributed by atoms with Crippen molar-refractivity contribution in [1.82, 2.24) is 10.2 Å². The number of cyclic esters (lactones) is 1. The van der Waals surface area contributed by atoms with E-state index < -0.39 is 5.60 Å². The van der Waals surface area contributed by atoms with Crippen LogP contribution in [0.15, 0.2) is 18.2 Å². The summed E-state index contributed by atoms with van der Waals surface area (Å²) in [5.74, 6) is -0.524. The Morgan fingerprint density at radius 2 is 1.92 bits per heavy atom. The van der Waals surface area contributed by atoms with Gasteiger partial charge in [-0.1, -0.05) is 0 Å². The smallest absolute Gasteiger partial charge is 0.410 e. The molecule has 2 heterocycles. The zero-order chi connectivity index (χ0) is 18.9. The van der Waals surface area contributed by atoms with Gasteiger partial charge in [0.2, 0.25) is 0 Å². The summed E-state index contributed by atoms with van der Waals surface area (Å²) in [4.78, 5) is 37.7. The summed E-state index contributed by atoms with van der Waals surface area (Å²) >= 11 is 0. The van der Waals surface area contributed by atoms with Crippen LogP contribution in [0.5, 0.6) is 0 Å². The quantitative estimate of drug-likeness (QED) is 0.819. The van der Waals surface area contributed by atoms with E-state index >= 15 is 0 Å². The molecule has 1 N–H and O–H groups in total. The number of likely N-dealkylation sites (tertiary alicyclic amines) is 1. The number of rotatable bonds is 2. The fourth-order valence-electron chi connectivity index (χ4n) is 3.08. The van der Waals surface area contributed by atoms with E-state index in [1.165, 1.54) is 0 Å². The van der Waals surface area contributed by atoms with Gasteiger partial charge in [0.15, 0.2) is 0 Å². The third kappa shape index (κ3) is 4.15. The minimum atomic E-state index is -0.513. The van der Waals surface area contributed by atoms with Gasteiger partial charge in [-0.05, 0) is 51.8 Å². The average molecular weight is 360 g/mol. The molecule has 0 aliphatic carbocycles. The molecule has 1 aromatic carbocycles. The molecule has 0 radical (unpaired) electrons. The molecule has 7 nitrogen and oxygen atoms in total. The van der Waals surface area contributed by atoms with Gasteiger partial charge in [-0.15, -0.1) is 0 Å². The molecule has 0 saturated carbocycles. The normalized spacial score (nSPS) is 17.5. The van der Waals surface area contributed by atoms with Crippen LogP contribution in [0.1, 0.15) is 59.9 Å². The molecule has 3 rings (SSSR count). The Kier molecular flexibility index (Phi) is 4.89. The zero-order valence-corrected chi connectivity index (χ0v) is 15.3. The van der Waals surface area contributed by atoms with Crippen molar-refractivity contribution in [1.29, 1.82) is 0 Å². The number of hydrogen-bond donors (Lipinski definition) is 1. The lowest BCUT2D eigenvalue weighted by Crippen LogP contribution is -2.47. The van der Waals surface area contributed by atoms with Crippen molar-refractivity contribution >= 4 is 18.0 Å². The lowest BCUT2D eigenvalue weighted by Gasteiger charge is -2.33. The van der Waals surface area contributed by atoms with E-state index in [1.807, 2.05) is 20.8 Å². The molecule has 2 aliphatic heterocycles. The maximum atomic E-state index is 12.5. The number of amides is 2. The Hall–Kier alpha value is -2.57. The number of hydrogen-bond acceptors (Lipinski definition) is 5. The summed E-state index contributed by atoms with van der Waals surface area (Å²) in [6.45, 7) is 6.83. The fraction of sp³-hybridized carbons (Fsp3) is 0.526. The lowest BCUT2D eigenvalue weighted by molar-refractivity contribution is 0.0199. The van der Waals surface area contributed by atoms with Crippen molar-refractivity contribution in [3.63, 3.8) is 0 Å². The fourth-order valence-corrected chi connectivity index (χ4v) is 3.08. The van der Waals surface area contributed by atoms with E-state index in [0.29, 0.717) is 37.1 Å². The van der Waals surface area contributed by atoms with Gasteiger partial charge >= 0.3 is 12.1 Å². The third-order valence-electron chi connectivity index (χ3n) is 4.43. The molecule has 0 atom stereocenters. The largest absolute Gasteiger partial charge is 0.457 e. The van der Waals surface area contributed by atoms with Crippen LogP contribution in [0.4, 0.5) is 4.79 Å². The van der Waals surface area contributed by atoms with Crippen molar-refractivity contribution < 1.29 is 23.9 Å². The van der Waals surface area contributed by atoms with Crippen molar-refractivity contribution in [2.24, 2.45) is 0 Å². The number of piperidine rings is 1. The topological polar surface area (TPSA) is 84.9 Å². The Balaban J connectivity index is 1.52. The molecule has 1 aromatic rings. The number of ether oxygens (including phenoxy) is 2. The molecule has 0 spiro atoms. The van der Waals surface area contributed by atoms with Crippen LogP contribution in [0.25, 0.3) is 0 Å². The number of fused-ring (bicyclic) bond motifs is 1. The van der Waals surface area contributed by atoms with Crippen LogP contribution in [0, 0.1) is 0 Å². The SMILES string of the molecule is CC(C)(C)OC(=O)N1CCC(NC(=O)c2ccc3c(c2)COC3=O)CC1. The van der Waals surface area contributed by atoms with Gasteiger partial charge in [-0.25, -0.2) is 9.59 Å². The number of carbonyl (C=O) groups is 3. The third-order valence-corrected chi connectivity index (χ3v) is 4.43. The van der Waals surface area contributed by atoms with Crippen molar-refractivity contribution in [3.05, 3.63) is 34.9 Å². The molecule has 0 aromatic heterocycles. The minimum absolute atomic E-state index is 0.00678. The van der Waals surface area contributed by atoms with E-state index in [4.69, 9.17) is 9.47 Å². The highest BCUT2D eigenvalue weighted by molar-refractivity contribution is 5.98. The second-order valence-electron chi connectivity index (χ2n) is 7.66. The highest BCUT2D eigenvalue weighted by Gasteiger charge is 2.28. The Labute approximate surface area is 152 Å².